The van der Waals surface area contributed by atoms with Gasteiger partial charge in [-0.1, -0.05) is 19.1 Å². The Morgan fingerprint density at radius 1 is 1.20 bits per heavy atom. The number of nitrogens with zero attached hydrogens (tertiary/aromatic N) is 2. The summed E-state index contributed by atoms with van der Waals surface area (Å²) in [7, 11) is 2.15. The van der Waals surface area contributed by atoms with Crippen LogP contribution in [-0.2, 0) is 0 Å². The molecule has 1 aromatic rings. The SMILES string of the molecule is CSc1ccc(C(=O)C(C)CN2CCN(C)CC2)cc1. The number of benzene rings is 1. The van der Waals surface area contributed by atoms with Crippen LogP contribution < -0.4 is 0 Å². The summed E-state index contributed by atoms with van der Waals surface area (Å²) < 4.78 is 0. The lowest BCUT2D eigenvalue weighted by atomic mass is 9.98. The Morgan fingerprint density at radius 3 is 2.35 bits per heavy atom. The molecule has 0 N–H and O–H groups in total. The molecule has 0 spiro atoms. The molecule has 0 aliphatic carbocycles. The number of thioether (sulfide) groups is 1. The molecule has 0 aromatic heterocycles. The molecule has 3 nitrogen and oxygen atoms in total. The van der Waals surface area contributed by atoms with E-state index in [4.69, 9.17) is 0 Å². The van der Waals surface area contributed by atoms with Crippen molar-refractivity contribution < 1.29 is 4.79 Å². The highest BCUT2D eigenvalue weighted by molar-refractivity contribution is 7.98. The van der Waals surface area contributed by atoms with Crippen LogP contribution in [0.4, 0.5) is 0 Å². The van der Waals surface area contributed by atoms with Gasteiger partial charge in [0, 0.05) is 49.1 Å². The second-order valence-corrected chi connectivity index (χ2v) is 6.48. The van der Waals surface area contributed by atoms with E-state index in [9.17, 15) is 4.79 Å². The first-order chi connectivity index (χ1) is 9.60. The van der Waals surface area contributed by atoms with E-state index in [-0.39, 0.29) is 11.7 Å². The lowest BCUT2D eigenvalue weighted by Crippen LogP contribution is -2.46. The first-order valence-corrected chi connectivity index (χ1v) is 8.42. The third-order valence-electron chi connectivity index (χ3n) is 3.95. The number of hydrogen-bond donors (Lipinski definition) is 0. The molecule has 1 fully saturated rings. The second kappa shape index (κ2) is 7.25. The van der Waals surface area contributed by atoms with Gasteiger partial charge in [-0.05, 0) is 25.4 Å². The number of piperazine rings is 1. The zero-order valence-electron chi connectivity index (χ0n) is 12.6. The fourth-order valence-electron chi connectivity index (χ4n) is 2.54. The van der Waals surface area contributed by atoms with Gasteiger partial charge in [0.2, 0.25) is 0 Å². The average Bonchev–Trinajstić information content (AvgIpc) is 2.49. The van der Waals surface area contributed by atoms with Crippen LogP contribution in [0.3, 0.4) is 0 Å². The van der Waals surface area contributed by atoms with Crippen LogP contribution in [0, 0.1) is 5.92 Å². The van der Waals surface area contributed by atoms with Crippen LogP contribution >= 0.6 is 11.8 Å². The van der Waals surface area contributed by atoms with Crippen LogP contribution in [0.1, 0.15) is 17.3 Å². The van der Waals surface area contributed by atoms with Gasteiger partial charge in [-0.2, -0.15) is 0 Å². The normalized spacial score (nSPS) is 18.9. The molecule has 4 heteroatoms. The minimum absolute atomic E-state index is 0.0681. The topological polar surface area (TPSA) is 23.6 Å². The van der Waals surface area contributed by atoms with E-state index in [1.165, 1.54) is 4.90 Å². The molecule has 1 heterocycles. The molecule has 1 aliphatic heterocycles. The molecule has 1 saturated heterocycles. The Balaban J connectivity index is 1.90. The third-order valence-corrected chi connectivity index (χ3v) is 4.69. The molecular weight excluding hydrogens is 268 g/mol. The van der Waals surface area contributed by atoms with E-state index in [2.05, 4.69) is 16.8 Å². The Hall–Kier alpha value is -0.840. The minimum Gasteiger partial charge on any atom is -0.304 e. The largest absolute Gasteiger partial charge is 0.304 e. The maximum atomic E-state index is 12.4. The highest BCUT2D eigenvalue weighted by atomic mass is 32.2. The number of hydrogen-bond acceptors (Lipinski definition) is 4. The Bertz CT molecular complexity index is 438. The molecular formula is C16H24N2OS. The molecule has 0 saturated carbocycles. The predicted molar refractivity (Wildman–Crippen MR) is 85.7 cm³/mol. The van der Waals surface area contributed by atoms with Crippen LogP contribution in [-0.4, -0.2) is 61.6 Å². The van der Waals surface area contributed by atoms with Crippen molar-refractivity contribution in [2.45, 2.75) is 11.8 Å². The fourth-order valence-corrected chi connectivity index (χ4v) is 2.95. The predicted octanol–water partition coefficient (Wildman–Crippen LogP) is 2.47. The van der Waals surface area contributed by atoms with Crippen molar-refractivity contribution in [1.29, 1.82) is 0 Å². The average molecular weight is 292 g/mol. The van der Waals surface area contributed by atoms with Gasteiger partial charge < -0.3 is 9.80 Å². The summed E-state index contributed by atoms with van der Waals surface area (Å²) in [5, 5.41) is 0. The summed E-state index contributed by atoms with van der Waals surface area (Å²) in [6.07, 6.45) is 2.05. The number of carbonyl (C=O) groups is 1. The van der Waals surface area contributed by atoms with Crippen LogP contribution in [0.5, 0.6) is 0 Å². The van der Waals surface area contributed by atoms with Crippen LogP contribution in [0.2, 0.25) is 0 Å². The molecule has 1 aromatic carbocycles. The second-order valence-electron chi connectivity index (χ2n) is 5.60. The Kier molecular flexibility index (Phi) is 5.64. The van der Waals surface area contributed by atoms with Crippen molar-refractivity contribution in [3.8, 4) is 0 Å². The molecule has 0 bridgehead atoms. The molecule has 110 valence electrons. The standard InChI is InChI=1S/C16H24N2OS/c1-13(12-18-10-8-17(2)9-11-18)16(19)14-4-6-15(20-3)7-5-14/h4-7,13H,8-12H2,1-3H3. The highest BCUT2D eigenvalue weighted by Gasteiger charge is 2.21. The summed E-state index contributed by atoms with van der Waals surface area (Å²) in [6.45, 7) is 7.26. The number of rotatable bonds is 5. The van der Waals surface area contributed by atoms with E-state index in [0.717, 1.165) is 38.3 Å². The summed E-state index contributed by atoms with van der Waals surface area (Å²) in [5.74, 6) is 0.329. The zero-order valence-corrected chi connectivity index (χ0v) is 13.4. The van der Waals surface area contributed by atoms with Crippen molar-refractivity contribution in [2.75, 3.05) is 46.0 Å². The molecule has 1 unspecified atom stereocenters. The van der Waals surface area contributed by atoms with E-state index in [1.807, 2.05) is 37.4 Å². The van der Waals surface area contributed by atoms with Crippen molar-refractivity contribution in [3.63, 3.8) is 0 Å². The van der Waals surface area contributed by atoms with E-state index in [1.54, 1.807) is 11.8 Å². The van der Waals surface area contributed by atoms with Gasteiger partial charge in [-0.3, -0.25) is 4.79 Å². The lowest BCUT2D eigenvalue weighted by molar-refractivity contribution is 0.0854. The summed E-state index contributed by atoms with van der Waals surface area (Å²) >= 11 is 1.70. The van der Waals surface area contributed by atoms with Crippen molar-refractivity contribution in [2.24, 2.45) is 5.92 Å². The smallest absolute Gasteiger partial charge is 0.166 e. The van der Waals surface area contributed by atoms with Gasteiger partial charge in [0.05, 0.1) is 0 Å². The minimum atomic E-state index is 0.0681. The third kappa shape index (κ3) is 4.08. The summed E-state index contributed by atoms with van der Waals surface area (Å²) in [4.78, 5) is 18.4. The first kappa shape index (κ1) is 15.5. The van der Waals surface area contributed by atoms with Gasteiger partial charge in [0.25, 0.3) is 0 Å². The molecule has 20 heavy (non-hydrogen) atoms. The van der Waals surface area contributed by atoms with Gasteiger partial charge >= 0.3 is 0 Å². The van der Waals surface area contributed by atoms with Crippen molar-refractivity contribution in [1.82, 2.24) is 9.80 Å². The molecule has 1 aliphatic rings. The monoisotopic (exact) mass is 292 g/mol. The number of likely N-dealkylation sites (N-methyl/N-ethyl adjacent to an activating group) is 1. The molecule has 1 atom stereocenters. The lowest BCUT2D eigenvalue weighted by Gasteiger charge is -2.33. The summed E-state index contributed by atoms with van der Waals surface area (Å²) in [5.41, 5.74) is 0.837. The van der Waals surface area contributed by atoms with Crippen molar-refractivity contribution in [3.05, 3.63) is 29.8 Å². The molecule has 0 radical (unpaired) electrons. The molecule has 0 amide bonds. The van der Waals surface area contributed by atoms with Crippen molar-refractivity contribution >= 4 is 17.5 Å². The Labute approximate surface area is 126 Å². The highest BCUT2D eigenvalue weighted by Crippen LogP contribution is 2.17. The first-order valence-electron chi connectivity index (χ1n) is 7.19. The van der Waals surface area contributed by atoms with Crippen LogP contribution in [0.15, 0.2) is 29.2 Å². The van der Waals surface area contributed by atoms with Gasteiger partial charge in [-0.25, -0.2) is 0 Å². The van der Waals surface area contributed by atoms with E-state index in [0.29, 0.717) is 0 Å². The van der Waals surface area contributed by atoms with Gasteiger partial charge in [-0.15, -0.1) is 11.8 Å². The fraction of sp³-hybridized carbons (Fsp3) is 0.562. The number of carbonyl (C=O) groups excluding carboxylic acids is 1. The van der Waals surface area contributed by atoms with Crippen LogP contribution in [0.25, 0.3) is 0 Å². The van der Waals surface area contributed by atoms with Gasteiger partial charge in [0.15, 0.2) is 5.78 Å². The van der Waals surface area contributed by atoms with E-state index < -0.39 is 0 Å². The Morgan fingerprint density at radius 2 is 1.80 bits per heavy atom. The van der Waals surface area contributed by atoms with Gasteiger partial charge in [0.1, 0.15) is 0 Å². The molecule has 2 rings (SSSR count). The zero-order chi connectivity index (χ0) is 14.5. The maximum absolute atomic E-state index is 12.4. The number of Topliss-reactive ketones (excluding diaryl/α,β-unsaturated/α-hetero) is 1. The van der Waals surface area contributed by atoms with E-state index >= 15 is 0 Å². The summed E-state index contributed by atoms with van der Waals surface area (Å²) in [6, 6.07) is 7.96. The maximum Gasteiger partial charge on any atom is 0.166 e. The number of ketones is 1. The quantitative estimate of drug-likeness (QED) is 0.614.